The van der Waals surface area contributed by atoms with Gasteiger partial charge in [0.15, 0.2) is 5.01 Å². The molecule has 0 saturated heterocycles. The number of benzene rings is 1. The van der Waals surface area contributed by atoms with Crippen LogP contribution in [0, 0.1) is 5.82 Å². The van der Waals surface area contributed by atoms with Gasteiger partial charge in [-0.25, -0.2) is 4.39 Å². The summed E-state index contributed by atoms with van der Waals surface area (Å²) in [5.41, 5.74) is 0.471. The van der Waals surface area contributed by atoms with Crippen molar-refractivity contribution in [3.63, 3.8) is 0 Å². The Morgan fingerprint density at radius 1 is 1.31 bits per heavy atom. The SMILES string of the molecule is Fc1ccccc1-c1nnc(NCCCl)s1. The molecule has 0 radical (unpaired) electrons. The first kappa shape index (κ1) is 11.3. The van der Waals surface area contributed by atoms with Gasteiger partial charge in [0.1, 0.15) is 5.82 Å². The van der Waals surface area contributed by atoms with Gasteiger partial charge < -0.3 is 5.32 Å². The molecular formula is C10H9ClFN3S. The molecule has 0 saturated carbocycles. The molecule has 0 fully saturated rings. The lowest BCUT2D eigenvalue weighted by Gasteiger charge is -1.96. The number of hydrogen-bond donors (Lipinski definition) is 1. The zero-order valence-corrected chi connectivity index (χ0v) is 9.85. The highest BCUT2D eigenvalue weighted by Gasteiger charge is 2.09. The largest absolute Gasteiger partial charge is 0.359 e. The second-order valence-corrected chi connectivity index (χ2v) is 4.36. The third-order valence-corrected chi connectivity index (χ3v) is 3.00. The quantitative estimate of drug-likeness (QED) is 0.856. The molecule has 0 aliphatic rings. The van der Waals surface area contributed by atoms with Crippen molar-refractivity contribution in [1.29, 1.82) is 0 Å². The van der Waals surface area contributed by atoms with Crippen LogP contribution in [0.25, 0.3) is 10.6 Å². The molecule has 0 amide bonds. The molecule has 0 unspecified atom stereocenters. The van der Waals surface area contributed by atoms with E-state index in [-0.39, 0.29) is 5.82 Å². The molecule has 0 aliphatic heterocycles. The molecule has 3 nitrogen and oxygen atoms in total. The minimum absolute atomic E-state index is 0.289. The van der Waals surface area contributed by atoms with Gasteiger partial charge in [0, 0.05) is 18.0 Å². The fourth-order valence-electron chi connectivity index (χ4n) is 1.19. The van der Waals surface area contributed by atoms with Crippen LogP contribution in [0.15, 0.2) is 24.3 Å². The lowest BCUT2D eigenvalue weighted by Crippen LogP contribution is -2.01. The Labute approximate surface area is 101 Å². The van der Waals surface area contributed by atoms with Crippen molar-refractivity contribution in [3.05, 3.63) is 30.1 Å². The fourth-order valence-corrected chi connectivity index (χ4v) is 2.08. The Morgan fingerprint density at radius 3 is 2.88 bits per heavy atom. The number of anilines is 1. The van der Waals surface area contributed by atoms with Gasteiger partial charge >= 0.3 is 0 Å². The van der Waals surface area contributed by atoms with E-state index < -0.39 is 0 Å². The van der Waals surface area contributed by atoms with Crippen LogP contribution in [0.3, 0.4) is 0 Å². The third kappa shape index (κ3) is 2.48. The van der Waals surface area contributed by atoms with Crippen molar-refractivity contribution >= 4 is 28.1 Å². The van der Waals surface area contributed by atoms with Crippen molar-refractivity contribution < 1.29 is 4.39 Å². The van der Waals surface area contributed by atoms with E-state index in [9.17, 15) is 4.39 Å². The maximum Gasteiger partial charge on any atom is 0.206 e. The van der Waals surface area contributed by atoms with Crippen molar-refractivity contribution in [2.45, 2.75) is 0 Å². The van der Waals surface area contributed by atoms with Crippen LogP contribution in [-0.2, 0) is 0 Å². The highest BCUT2D eigenvalue weighted by molar-refractivity contribution is 7.18. The van der Waals surface area contributed by atoms with Gasteiger partial charge in [-0.15, -0.1) is 21.8 Å². The second-order valence-electron chi connectivity index (χ2n) is 3.01. The standard InChI is InChI=1S/C10H9ClFN3S/c11-5-6-13-10-15-14-9(16-10)7-3-1-2-4-8(7)12/h1-4H,5-6H2,(H,13,15). The summed E-state index contributed by atoms with van der Waals surface area (Å²) in [4.78, 5) is 0. The Balaban J connectivity index is 2.22. The maximum atomic E-state index is 13.4. The summed E-state index contributed by atoms with van der Waals surface area (Å²) in [5, 5.41) is 12.0. The molecule has 1 aromatic carbocycles. The molecule has 6 heteroatoms. The molecule has 16 heavy (non-hydrogen) atoms. The number of rotatable bonds is 4. The number of alkyl halides is 1. The Bertz CT molecular complexity index is 475. The summed E-state index contributed by atoms with van der Waals surface area (Å²) >= 11 is 6.84. The van der Waals surface area contributed by atoms with Crippen LogP contribution in [0.5, 0.6) is 0 Å². The van der Waals surface area contributed by atoms with Gasteiger partial charge in [0.05, 0.1) is 0 Å². The summed E-state index contributed by atoms with van der Waals surface area (Å²) in [6.45, 7) is 0.619. The Hall–Kier alpha value is -1.20. The van der Waals surface area contributed by atoms with Crippen molar-refractivity contribution in [3.8, 4) is 10.6 Å². The smallest absolute Gasteiger partial charge is 0.206 e. The summed E-state index contributed by atoms with van der Waals surface area (Å²) in [6, 6.07) is 6.50. The lowest BCUT2D eigenvalue weighted by atomic mass is 10.2. The van der Waals surface area contributed by atoms with E-state index in [1.54, 1.807) is 18.2 Å². The molecule has 0 aliphatic carbocycles. The van der Waals surface area contributed by atoms with Crippen molar-refractivity contribution in [1.82, 2.24) is 10.2 Å². The monoisotopic (exact) mass is 257 g/mol. The van der Waals surface area contributed by atoms with E-state index in [0.717, 1.165) is 0 Å². The van der Waals surface area contributed by atoms with E-state index in [1.165, 1.54) is 17.4 Å². The number of nitrogens with zero attached hydrogens (tertiary/aromatic N) is 2. The zero-order chi connectivity index (χ0) is 11.4. The number of hydrogen-bond acceptors (Lipinski definition) is 4. The number of halogens is 2. The average molecular weight is 258 g/mol. The van der Waals surface area contributed by atoms with Gasteiger partial charge in [0.25, 0.3) is 0 Å². The van der Waals surface area contributed by atoms with Crippen LogP contribution in [0.1, 0.15) is 0 Å². The van der Waals surface area contributed by atoms with Gasteiger partial charge in [-0.2, -0.15) is 0 Å². The van der Waals surface area contributed by atoms with Gasteiger partial charge in [-0.05, 0) is 12.1 Å². The van der Waals surface area contributed by atoms with Gasteiger partial charge in [-0.3, -0.25) is 0 Å². The molecule has 2 aromatic rings. The van der Waals surface area contributed by atoms with Crippen LogP contribution >= 0.6 is 22.9 Å². The van der Waals surface area contributed by atoms with E-state index in [4.69, 9.17) is 11.6 Å². The highest BCUT2D eigenvalue weighted by atomic mass is 35.5. The first-order valence-electron chi connectivity index (χ1n) is 4.69. The second kappa shape index (κ2) is 5.23. The zero-order valence-electron chi connectivity index (χ0n) is 8.28. The van der Waals surface area contributed by atoms with Crippen LogP contribution in [0.4, 0.5) is 9.52 Å². The summed E-state index contributed by atoms with van der Waals surface area (Å²) in [7, 11) is 0. The van der Waals surface area contributed by atoms with E-state index >= 15 is 0 Å². The minimum Gasteiger partial charge on any atom is -0.359 e. The normalized spacial score (nSPS) is 10.4. The van der Waals surface area contributed by atoms with Crippen molar-refractivity contribution in [2.24, 2.45) is 0 Å². The van der Waals surface area contributed by atoms with E-state index in [2.05, 4.69) is 15.5 Å². The van der Waals surface area contributed by atoms with E-state index in [0.29, 0.717) is 28.1 Å². The average Bonchev–Trinajstić information content (AvgIpc) is 2.75. The molecule has 1 heterocycles. The number of nitrogens with one attached hydrogen (secondary N) is 1. The predicted octanol–water partition coefficient (Wildman–Crippen LogP) is 2.99. The maximum absolute atomic E-state index is 13.4. The highest BCUT2D eigenvalue weighted by Crippen LogP contribution is 2.27. The first-order chi connectivity index (χ1) is 7.81. The number of aromatic nitrogens is 2. The summed E-state index contributed by atoms with van der Waals surface area (Å²) in [6.07, 6.45) is 0. The topological polar surface area (TPSA) is 37.8 Å². The first-order valence-corrected chi connectivity index (χ1v) is 6.04. The van der Waals surface area contributed by atoms with Gasteiger partial charge in [0.2, 0.25) is 5.13 Å². The predicted molar refractivity (Wildman–Crippen MR) is 64.5 cm³/mol. The minimum atomic E-state index is -0.289. The Kier molecular flexibility index (Phi) is 3.69. The fraction of sp³-hybridized carbons (Fsp3) is 0.200. The molecule has 2 rings (SSSR count). The van der Waals surface area contributed by atoms with Crippen LogP contribution in [-0.4, -0.2) is 22.6 Å². The molecule has 0 atom stereocenters. The summed E-state index contributed by atoms with van der Waals surface area (Å²) in [5.74, 6) is 0.205. The molecule has 1 aromatic heterocycles. The van der Waals surface area contributed by atoms with Crippen molar-refractivity contribution in [2.75, 3.05) is 17.7 Å². The molecule has 1 N–H and O–H groups in total. The third-order valence-electron chi connectivity index (χ3n) is 1.90. The molecule has 0 spiro atoms. The van der Waals surface area contributed by atoms with E-state index in [1.807, 2.05) is 0 Å². The Morgan fingerprint density at radius 2 is 2.12 bits per heavy atom. The van der Waals surface area contributed by atoms with Crippen LogP contribution in [0.2, 0.25) is 0 Å². The molecular weight excluding hydrogens is 249 g/mol. The van der Waals surface area contributed by atoms with Gasteiger partial charge in [-0.1, -0.05) is 23.5 Å². The molecule has 84 valence electrons. The summed E-state index contributed by atoms with van der Waals surface area (Å²) < 4.78 is 13.4. The lowest BCUT2D eigenvalue weighted by molar-refractivity contribution is 0.631. The molecule has 0 bridgehead atoms. The van der Waals surface area contributed by atoms with Crippen LogP contribution < -0.4 is 5.32 Å².